The first-order chi connectivity index (χ1) is 12.8. The van der Waals surface area contributed by atoms with Crippen molar-refractivity contribution in [3.63, 3.8) is 0 Å². The molecule has 4 rings (SSSR count). The number of nitrogens with one attached hydrogen (secondary N) is 1. The molecule has 2 aromatic carbocycles. The number of piperidine rings is 1. The summed E-state index contributed by atoms with van der Waals surface area (Å²) in [6.45, 7) is 2.95. The molecule has 0 radical (unpaired) electrons. The van der Waals surface area contributed by atoms with Gasteiger partial charge in [0.15, 0.2) is 5.78 Å². The third-order valence-corrected chi connectivity index (χ3v) is 5.42. The van der Waals surface area contributed by atoms with Crippen LogP contribution in [-0.2, 0) is 0 Å². The van der Waals surface area contributed by atoms with Crippen LogP contribution in [0.2, 0.25) is 0 Å². The minimum atomic E-state index is 0.0487. The zero-order valence-corrected chi connectivity index (χ0v) is 15.2. The first-order valence-electron chi connectivity index (χ1n) is 9.48. The van der Waals surface area contributed by atoms with E-state index < -0.39 is 0 Å². The average molecular weight is 351 g/mol. The highest BCUT2D eigenvalue weighted by Gasteiger charge is 2.32. The summed E-state index contributed by atoms with van der Waals surface area (Å²) in [5.41, 5.74) is 3.15. The van der Waals surface area contributed by atoms with Crippen LogP contribution in [0.15, 0.2) is 36.4 Å². The lowest BCUT2D eigenvalue weighted by atomic mass is 9.95. The molecular weight excluding hydrogens is 326 g/mol. The summed E-state index contributed by atoms with van der Waals surface area (Å²) < 4.78 is 11.6. The van der Waals surface area contributed by atoms with Crippen LogP contribution < -0.4 is 14.8 Å². The molecule has 0 bridgehead atoms. The number of hydrogen-bond acceptors (Lipinski definition) is 4. The van der Waals surface area contributed by atoms with Crippen LogP contribution in [0.1, 0.15) is 41.6 Å². The zero-order chi connectivity index (χ0) is 17.9. The number of rotatable bonds is 6. The fourth-order valence-electron chi connectivity index (χ4n) is 4.12. The Morgan fingerprint density at radius 3 is 2.50 bits per heavy atom. The molecule has 0 amide bonds. The predicted octanol–water partition coefficient (Wildman–Crippen LogP) is 4.07. The monoisotopic (exact) mass is 351 g/mol. The SMILES string of the molecule is COc1cccc2c1-c1c(OCCCC3CCCNC3)cccc1C2=O. The van der Waals surface area contributed by atoms with Crippen molar-refractivity contribution in [3.05, 3.63) is 47.5 Å². The van der Waals surface area contributed by atoms with Gasteiger partial charge in [-0.2, -0.15) is 0 Å². The summed E-state index contributed by atoms with van der Waals surface area (Å²) >= 11 is 0. The van der Waals surface area contributed by atoms with Crippen LogP contribution in [0.3, 0.4) is 0 Å². The zero-order valence-electron chi connectivity index (χ0n) is 15.2. The quantitative estimate of drug-likeness (QED) is 0.680. The summed E-state index contributed by atoms with van der Waals surface area (Å²) in [5.74, 6) is 2.31. The highest BCUT2D eigenvalue weighted by molar-refractivity contribution is 6.23. The van der Waals surface area contributed by atoms with Gasteiger partial charge in [0.1, 0.15) is 11.5 Å². The van der Waals surface area contributed by atoms with E-state index in [-0.39, 0.29) is 5.78 Å². The lowest BCUT2D eigenvalue weighted by molar-refractivity contribution is 0.104. The molecule has 0 spiro atoms. The highest BCUT2D eigenvalue weighted by Crippen LogP contribution is 2.47. The molecule has 2 aromatic rings. The summed E-state index contributed by atoms with van der Waals surface area (Å²) in [6.07, 6.45) is 4.80. The van der Waals surface area contributed by atoms with Crippen molar-refractivity contribution in [1.82, 2.24) is 5.32 Å². The Balaban J connectivity index is 1.52. The summed E-state index contributed by atoms with van der Waals surface area (Å²) in [4.78, 5) is 12.7. The second-order valence-corrected chi connectivity index (χ2v) is 7.09. The number of ether oxygens (including phenoxy) is 2. The number of carbonyl (C=O) groups excluding carboxylic acids is 1. The van der Waals surface area contributed by atoms with Crippen molar-refractivity contribution in [3.8, 4) is 22.6 Å². The molecule has 0 saturated carbocycles. The van der Waals surface area contributed by atoms with Gasteiger partial charge in [0.05, 0.1) is 13.7 Å². The third kappa shape index (κ3) is 3.10. The minimum absolute atomic E-state index is 0.0487. The lowest BCUT2D eigenvalue weighted by Crippen LogP contribution is -2.29. The van der Waals surface area contributed by atoms with Gasteiger partial charge in [-0.1, -0.05) is 24.3 Å². The van der Waals surface area contributed by atoms with E-state index in [0.717, 1.165) is 48.1 Å². The minimum Gasteiger partial charge on any atom is -0.496 e. The molecule has 1 fully saturated rings. The maximum atomic E-state index is 12.7. The molecule has 136 valence electrons. The van der Waals surface area contributed by atoms with Gasteiger partial charge >= 0.3 is 0 Å². The van der Waals surface area contributed by atoms with Gasteiger partial charge in [-0.25, -0.2) is 0 Å². The number of hydrogen-bond donors (Lipinski definition) is 1. The van der Waals surface area contributed by atoms with Crippen LogP contribution in [0.5, 0.6) is 11.5 Å². The number of ketones is 1. The fourth-order valence-corrected chi connectivity index (χ4v) is 4.12. The largest absolute Gasteiger partial charge is 0.496 e. The average Bonchev–Trinajstić information content (AvgIpc) is 2.99. The van der Waals surface area contributed by atoms with Crippen molar-refractivity contribution in [2.24, 2.45) is 5.92 Å². The van der Waals surface area contributed by atoms with Crippen molar-refractivity contribution < 1.29 is 14.3 Å². The Labute approximate surface area is 154 Å². The number of carbonyl (C=O) groups is 1. The van der Waals surface area contributed by atoms with Gasteiger partial charge in [0.25, 0.3) is 0 Å². The molecule has 1 saturated heterocycles. The van der Waals surface area contributed by atoms with Gasteiger partial charge in [-0.15, -0.1) is 0 Å². The first kappa shape index (κ1) is 17.1. The number of methoxy groups -OCH3 is 1. The van der Waals surface area contributed by atoms with Crippen molar-refractivity contribution in [2.45, 2.75) is 25.7 Å². The molecular formula is C22H25NO3. The van der Waals surface area contributed by atoms with E-state index in [9.17, 15) is 4.79 Å². The van der Waals surface area contributed by atoms with Gasteiger partial charge in [0, 0.05) is 22.3 Å². The molecule has 2 aliphatic rings. The Kier molecular flexibility index (Phi) is 4.93. The Morgan fingerprint density at radius 2 is 1.81 bits per heavy atom. The van der Waals surface area contributed by atoms with Gasteiger partial charge in [-0.05, 0) is 56.8 Å². The van der Waals surface area contributed by atoms with Gasteiger partial charge < -0.3 is 14.8 Å². The van der Waals surface area contributed by atoms with Crippen molar-refractivity contribution in [1.29, 1.82) is 0 Å². The van der Waals surface area contributed by atoms with Crippen LogP contribution in [0, 0.1) is 5.92 Å². The summed E-state index contributed by atoms with van der Waals surface area (Å²) in [5, 5.41) is 3.46. The number of fused-ring (bicyclic) bond motifs is 3. The second kappa shape index (κ2) is 7.50. The van der Waals surface area contributed by atoms with Crippen molar-refractivity contribution in [2.75, 3.05) is 26.8 Å². The van der Waals surface area contributed by atoms with E-state index in [0.29, 0.717) is 17.7 Å². The maximum Gasteiger partial charge on any atom is 0.194 e. The van der Waals surface area contributed by atoms with Gasteiger partial charge in [0.2, 0.25) is 0 Å². The normalized spacial score (nSPS) is 18.3. The molecule has 26 heavy (non-hydrogen) atoms. The van der Waals surface area contributed by atoms with Crippen LogP contribution >= 0.6 is 0 Å². The molecule has 1 aliphatic carbocycles. The Bertz CT molecular complexity index is 809. The molecule has 1 N–H and O–H groups in total. The summed E-state index contributed by atoms with van der Waals surface area (Å²) in [7, 11) is 1.64. The second-order valence-electron chi connectivity index (χ2n) is 7.09. The van der Waals surface area contributed by atoms with Crippen molar-refractivity contribution >= 4 is 5.78 Å². The fraction of sp³-hybridized carbons (Fsp3) is 0.409. The van der Waals surface area contributed by atoms with E-state index in [1.165, 1.54) is 19.3 Å². The molecule has 1 atom stereocenters. The lowest BCUT2D eigenvalue weighted by Gasteiger charge is -2.22. The van der Waals surface area contributed by atoms with E-state index in [1.54, 1.807) is 7.11 Å². The first-order valence-corrected chi connectivity index (χ1v) is 9.48. The smallest absolute Gasteiger partial charge is 0.194 e. The third-order valence-electron chi connectivity index (χ3n) is 5.42. The Hall–Kier alpha value is -2.33. The molecule has 1 unspecified atom stereocenters. The van der Waals surface area contributed by atoms with E-state index in [4.69, 9.17) is 9.47 Å². The molecule has 4 heteroatoms. The van der Waals surface area contributed by atoms with E-state index >= 15 is 0 Å². The van der Waals surface area contributed by atoms with Gasteiger partial charge in [-0.3, -0.25) is 4.79 Å². The van der Waals surface area contributed by atoms with E-state index in [2.05, 4.69) is 5.32 Å². The molecule has 1 heterocycles. The maximum absolute atomic E-state index is 12.7. The van der Waals surface area contributed by atoms with Crippen LogP contribution in [0.25, 0.3) is 11.1 Å². The molecule has 0 aromatic heterocycles. The van der Waals surface area contributed by atoms with E-state index in [1.807, 2.05) is 36.4 Å². The molecule has 1 aliphatic heterocycles. The number of benzene rings is 2. The highest BCUT2D eigenvalue weighted by atomic mass is 16.5. The van der Waals surface area contributed by atoms with Crippen LogP contribution in [0.4, 0.5) is 0 Å². The predicted molar refractivity (Wildman–Crippen MR) is 102 cm³/mol. The molecule has 4 nitrogen and oxygen atoms in total. The van der Waals surface area contributed by atoms with Crippen LogP contribution in [-0.4, -0.2) is 32.6 Å². The summed E-state index contributed by atoms with van der Waals surface area (Å²) in [6, 6.07) is 11.3. The topological polar surface area (TPSA) is 47.6 Å². The Morgan fingerprint density at radius 1 is 1.08 bits per heavy atom. The standard InChI is InChI=1S/C22H25NO3/c1-25-18-10-2-8-16-20(18)21-17(22(16)24)9-3-11-19(21)26-13-5-7-15-6-4-12-23-14-15/h2-3,8-11,15,23H,4-7,12-14H2,1H3.